The number of rotatable bonds is 7. The third-order valence-electron chi connectivity index (χ3n) is 6.40. The van der Waals surface area contributed by atoms with Gasteiger partial charge >= 0.3 is 18.0 Å². The first kappa shape index (κ1) is 21.1. The number of amides is 4. The summed E-state index contributed by atoms with van der Waals surface area (Å²) in [6.45, 7) is 10.2. The van der Waals surface area contributed by atoms with Crippen LogP contribution in [-0.4, -0.2) is 65.7 Å². The van der Waals surface area contributed by atoms with Crippen LogP contribution in [0.25, 0.3) is 4.85 Å². The number of likely N-dealkylation sites (N-methyl/N-ethyl adjacent to an activating group) is 1. The Labute approximate surface area is 204 Å². The summed E-state index contributed by atoms with van der Waals surface area (Å²) >= 11 is 0. The number of nitrogens with zero attached hydrogens (tertiary/aromatic N) is 3. The van der Waals surface area contributed by atoms with Gasteiger partial charge in [-0.1, -0.05) is 51.8 Å². The Morgan fingerprint density at radius 1 is 1.38 bits per heavy atom. The number of benzene rings is 1. The maximum absolute atomic E-state index is 13.9. The van der Waals surface area contributed by atoms with Gasteiger partial charge in [-0.2, -0.15) is 0 Å². The number of anilines is 1. The van der Waals surface area contributed by atoms with Gasteiger partial charge in [0.2, 0.25) is 5.91 Å². The Morgan fingerprint density at radius 2 is 2.12 bits per heavy atom. The van der Waals surface area contributed by atoms with E-state index in [1.807, 2.05) is 20.8 Å². The Kier molecular flexibility index (Phi) is 6.37. The number of hydrogen-bond acceptors (Lipinski definition) is 4. The molecule has 1 spiro atoms. The van der Waals surface area contributed by atoms with Gasteiger partial charge in [-0.15, -0.1) is 0 Å². The molecule has 0 unspecified atom stereocenters. The molecular formula is C25H33N5O4. The Bertz CT molecular complexity index is 1120. The molecular weight excluding hydrogens is 434 g/mol. The number of carbonyl (C=O) groups is 4. The van der Waals surface area contributed by atoms with Crippen LogP contribution in [-0.2, 0) is 24.6 Å². The average Bonchev–Trinajstić information content (AvgIpc) is 3.36. The molecule has 1 saturated heterocycles. The van der Waals surface area contributed by atoms with Crippen LogP contribution in [0.2, 0.25) is 0 Å². The molecule has 0 aromatic heterocycles. The predicted molar refractivity (Wildman–Crippen MR) is 127 cm³/mol. The van der Waals surface area contributed by atoms with Crippen molar-refractivity contribution in [3.63, 3.8) is 0 Å². The zero-order chi connectivity index (χ0) is 27.5. The molecule has 4 amide bonds. The number of likely N-dealkylation sites (tertiary alicyclic amines) is 1. The highest BCUT2D eigenvalue weighted by Gasteiger charge is 2.59. The number of carbonyl (C=O) groups excluding carboxylic acids is 4. The molecule has 1 aromatic carbocycles. The van der Waals surface area contributed by atoms with E-state index in [9.17, 15) is 19.2 Å². The molecule has 34 heavy (non-hydrogen) atoms. The fraction of sp³-hybridized carbons (Fsp3) is 0.560. The van der Waals surface area contributed by atoms with Crippen molar-refractivity contribution in [1.82, 2.24) is 15.1 Å². The standard InChI is InChI=1S/C25H33N5O4/c1-6-7-12-19(29(5)23(33)21(31)27-14-16(2)3)22(32)30-15-25(13-20(30)26-4)17-10-8-9-11-18(17)28-24(25)34/h8-11,16,19-20H,6-7,12-15H2,1-3,5H3,(H,27,31)(H,28,34)/t19-,20-,25-/m0/s1/i5D3. The second-order valence-electron chi connectivity index (χ2n) is 9.30. The number of nitrogens with one attached hydrogen (secondary N) is 2. The summed E-state index contributed by atoms with van der Waals surface area (Å²) in [4.78, 5) is 57.9. The molecule has 3 rings (SSSR count). The van der Waals surface area contributed by atoms with Gasteiger partial charge in [0.1, 0.15) is 11.5 Å². The molecule has 2 aliphatic rings. The fourth-order valence-electron chi connectivity index (χ4n) is 4.53. The third-order valence-corrected chi connectivity index (χ3v) is 6.40. The predicted octanol–water partition coefficient (Wildman–Crippen LogP) is 2.14. The second kappa shape index (κ2) is 10.2. The maximum atomic E-state index is 13.9. The minimum atomic E-state index is -3.08. The Morgan fingerprint density at radius 3 is 2.76 bits per heavy atom. The quantitative estimate of drug-likeness (QED) is 0.471. The minimum absolute atomic E-state index is 0.00602. The van der Waals surface area contributed by atoms with Gasteiger partial charge in [-0.3, -0.25) is 28.9 Å². The molecule has 0 bridgehead atoms. The smallest absolute Gasteiger partial charge is 0.312 e. The molecule has 3 atom stereocenters. The van der Waals surface area contributed by atoms with Gasteiger partial charge in [0.05, 0.1) is 6.42 Å². The summed E-state index contributed by atoms with van der Waals surface area (Å²) in [5.74, 6) is -3.50. The van der Waals surface area contributed by atoms with E-state index in [1.54, 1.807) is 24.3 Å². The zero-order valence-corrected chi connectivity index (χ0v) is 19.8. The van der Waals surface area contributed by atoms with Gasteiger partial charge in [0.15, 0.2) is 0 Å². The lowest BCUT2D eigenvalue weighted by Crippen LogP contribution is -2.54. The first-order chi connectivity index (χ1) is 17.4. The van der Waals surface area contributed by atoms with Crippen LogP contribution in [0.3, 0.4) is 0 Å². The molecule has 2 heterocycles. The van der Waals surface area contributed by atoms with Crippen LogP contribution in [0.1, 0.15) is 56.1 Å². The molecule has 9 nitrogen and oxygen atoms in total. The first-order valence-corrected chi connectivity index (χ1v) is 11.6. The van der Waals surface area contributed by atoms with Crippen LogP contribution in [0, 0.1) is 12.5 Å². The normalized spacial score (nSPS) is 23.4. The topological polar surface area (TPSA) is 103 Å². The van der Waals surface area contributed by atoms with Crippen molar-refractivity contribution in [1.29, 1.82) is 0 Å². The van der Waals surface area contributed by atoms with Crippen molar-refractivity contribution < 1.29 is 23.3 Å². The fourth-order valence-corrected chi connectivity index (χ4v) is 4.53. The summed E-state index contributed by atoms with van der Waals surface area (Å²) in [6.07, 6.45) is 0.0281. The average molecular weight is 471 g/mol. The maximum Gasteiger partial charge on any atom is 0.312 e. The van der Waals surface area contributed by atoms with E-state index >= 15 is 0 Å². The molecule has 1 aromatic rings. The highest BCUT2D eigenvalue weighted by Crippen LogP contribution is 2.46. The van der Waals surface area contributed by atoms with Gasteiger partial charge in [0, 0.05) is 29.9 Å². The minimum Gasteiger partial charge on any atom is -0.348 e. The Balaban J connectivity index is 1.98. The highest BCUT2D eigenvalue weighted by molar-refractivity contribution is 6.35. The lowest BCUT2D eigenvalue weighted by atomic mass is 9.80. The second-order valence-corrected chi connectivity index (χ2v) is 9.30. The van der Waals surface area contributed by atoms with Gasteiger partial charge in [-0.25, -0.2) is 6.57 Å². The third kappa shape index (κ3) is 4.63. The first-order valence-electron chi connectivity index (χ1n) is 13.1. The lowest BCUT2D eigenvalue weighted by Gasteiger charge is -2.31. The summed E-state index contributed by atoms with van der Waals surface area (Å²) in [7, 11) is 0. The van der Waals surface area contributed by atoms with Crippen molar-refractivity contribution in [3.8, 4) is 0 Å². The van der Waals surface area contributed by atoms with E-state index in [2.05, 4.69) is 15.5 Å². The van der Waals surface area contributed by atoms with Crippen LogP contribution in [0.4, 0.5) is 5.69 Å². The molecule has 9 heteroatoms. The van der Waals surface area contributed by atoms with Crippen LogP contribution in [0.5, 0.6) is 0 Å². The van der Waals surface area contributed by atoms with E-state index in [1.165, 1.54) is 4.90 Å². The SMILES string of the molecule is [2H]C([2H])([2H])N(C(=O)C(=O)NCC(C)C)[C@@H](CCCC)C(=O)N1C[C@]2(C[C@H]1[N+]#[C-])C(=O)Nc1ccccc12. The van der Waals surface area contributed by atoms with E-state index in [-0.39, 0.29) is 37.8 Å². The van der Waals surface area contributed by atoms with E-state index < -0.39 is 42.3 Å². The van der Waals surface area contributed by atoms with Gasteiger partial charge in [0.25, 0.3) is 5.91 Å². The molecule has 0 radical (unpaired) electrons. The number of unbranched alkanes of at least 4 members (excludes halogenated alkanes) is 1. The zero-order valence-electron chi connectivity index (χ0n) is 22.8. The van der Waals surface area contributed by atoms with Crippen LogP contribution in [0.15, 0.2) is 24.3 Å². The van der Waals surface area contributed by atoms with Gasteiger partial charge < -0.3 is 15.5 Å². The molecule has 0 aliphatic carbocycles. The molecule has 1 fully saturated rings. The number of para-hydroxylation sites is 1. The number of fused-ring (bicyclic) bond motifs is 2. The van der Waals surface area contributed by atoms with Crippen molar-refractivity contribution >= 4 is 29.3 Å². The molecule has 0 saturated carbocycles. The summed E-state index contributed by atoms with van der Waals surface area (Å²) in [5, 5.41) is 5.24. The van der Waals surface area contributed by atoms with Crippen LogP contribution < -0.4 is 10.6 Å². The molecule has 2 N–H and O–H groups in total. The van der Waals surface area contributed by atoms with E-state index in [4.69, 9.17) is 10.7 Å². The highest BCUT2D eigenvalue weighted by atomic mass is 16.2. The van der Waals surface area contributed by atoms with Crippen molar-refractivity contribution in [2.24, 2.45) is 5.92 Å². The summed E-state index contributed by atoms with van der Waals surface area (Å²) in [6, 6.07) is 5.56. The van der Waals surface area contributed by atoms with E-state index in [0.29, 0.717) is 29.0 Å². The van der Waals surface area contributed by atoms with Crippen LogP contribution >= 0.6 is 0 Å². The van der Waals surface area contributed by atoms with Crippen molar-refractivity contribution in [2.75, 3.05) is 25.4 Å². The monoisotopic (exact) mass is 470 g/mol. The lowest BCUT2D eigenvalue weighted by molar-refractivity contribution is -0.151. The van der Waals surface area contributed by atoms with Gasteiger partial charge in [-0.05, 0) is 24.0 Å². The van der Waals surface area contributed by atoms with Crippen molar-refractivity contribution in [3.05, 3.63) is 41.2 Å². The largest absolute Gasteiger partial charge is 0.348 e. The summed E-state index contributed by atoms with van der Waals surface area (Å²) < 4.78 is 24.0. The Hall–Kier alpha value is -3.41. The summed E-state index contributed by atoms with van der Waals surface area (Å²) in [5.41, 5.74) is 0.125. The molecule has 182 valence electrons. The number of hydrogen-bond donors (Lipinski definition) is 2. The van der Waals surface area contributed by atoms with E-state index in [0.717, 1.165) is 0 Å². The molecule has 2 aliphatic heterocycles. The van der Waals surface area contributed by atoms with Crippen molar-refractivity contribution in [2.45, 2.75) is 64.1 Å².